The zero-order valence-corrected chi connectivity index (χ0v) is 11.6. The van der Waals surface area contributed by atoms with Gasteiger partial charge in [-0.1, -0.05) is 0 Å². The lowest BCUT2D eigenvalue weighted by atomic mass is 10.1. The number of carboxylic acids is 1. The number of aromatic carboxylic acids is 1. The fraction of sp³-hybridized carbons (Fsp3) is 0.462. The van der Waals surface area contributed by atoms with Crippen LogP contribution in [-0.2, 0) is 11.3 Å². The second kappa shape index (κ2) is 5.09. The number of nitrogens with zero attached hydrogens (tertiary/aromatic N) is 2. The first-order chi connectivity index (χ1) is 10.5. The standard InChI is InChI=1S/C13H13FN2O6/c1-21-11-9-12(18)16-6(2-14)5-22-8(16)4-15(9)3-7(10(11)17)13(19)20/h3,6,8H,2,4-5H2,1H3,(H,19,20)/t6-,8+/m0/s1. The molecule has 2 atom stereocenters. The van der Waals surface area contributed by atoms with Gasteiger partial charge in [-0.05, 0) is 0 Å². The number of aromatic nitrogens is 1. The van der Waals surface area contributed by atoms with E-state index in [0.717, 1.165) is 6.20 Å². The van der Waals surface area contributed by atoms with Crippen LogP contribution < -0.4 is 10.2 Å². The molecule has 0 bridgehead atoms. The molecule has 1 N–H and O–H groups in total. The van der Waals surface area contributed by atoms with Gasteiger partial charge in [0.25, 0.3) is 5.91 Å². The van der Waals surface area contributed by atoms with Crippen molar-refractivity contribution in [2.45, 2.75) is 18.8 Å². The minimum atomic E-state index is -1.41. The number of rotatable bonds is 3. The molecule has 1 fully saturated rings. The number of halogens is 1. The number of carboxylic acid groups (broad SMARTS) is 1. The van der Waals surface area contributed by atoms with Crippen molar-refractivity contribution in [1.29, 1.82) is 0 Å². The van der Waals surface area contributed by atoms with Crippen LogP contribution in [0.25, 0.3) is 0 Å². The highest BCUT2D eigenvalue weighted by Crippen LogP contribution is 2.30. The molecule has 3 rings (SSSR count). The predicted molar refractivity (Wildman–Crippen MR) is 69.9 cm³/mol. The summed E-state index contributed by atoms with van der Waals surface area (Å²) < 4.78 is 24.6. The molecule has 0 spiro atoms. The first kappa shape index (κ1) is 14.5. The summed E-state index contributed by atoms with van der Waals surface area (Å²) in [5.74, 6) is -2.38. The Hall–Kier alpha value is -2.42. The van der Waals surface area contributed by atoms with E-state index in [4.69, 9.17) is 14.6 Å². The summed E-state index contributed by atoms with van der Waals surface area (Å²) >= 11 is 0. The molecule has 2 aliphatic rings. The van der Waals surface area contributed by atoms with Crippen LogP contribution in [0.1, 0.15) is 20.8 Å². The van der Waals surface area contributed by atoms with Crippen molar-refractivity contribution in [3.8, 4) is 5.75 Å². The normalized spacial score (nSPS) is 23.2. The molecular formula is C13H13FN2O6. The van der Waals surface area contributed by atoms with Gasteiger partial charge in [-0.2, -0.15) is 0 Å². The number of carbonyl (C=O) groups excluding carboxylic acids is 1. The highest BCUT2D eigenvalue weighted by molar-refractivity contribution is 5.98. The monoisotopic (exact) mass is 312 g/mol. The lowest BCUT2D eigenvalue weighted by Gasteiger charge is -2.34. The van der Waals surface area contributed by atoms with Crippen LogP contribution in [0.3, 0.4) is 0 Å². The van der Waals surface area contributed by atoms with E-state index in [1.165, 1.54) is 16.6 Å². The average Bonchev–Trinajstić information content (AvgIpc) is 2.90. The Kier molecular flexibility index (Phi) is 3.36. The van der Waals surface area contributed by atoms with Crippen molar-refractivity contribution in [2.24, 2.45) is 0 Å². The lowest BCUT2D eigenvalue weighted by Crippen LogP contribution is -2.50. The Morgan fingerprint density at radius 2 is 2.27 bits per heavy atom. The second-order valence-corrected chi connectivity index (χ2v) is 5.02. The van der Waals surface area contributed by atoms with Crippen LogP contribution in [-0.4, -0.2) is 59.1 Å². The van der Waals surface area contributed by atoms with Crippen molar-refractivity contribution < 1.29 is 28.6 Å². The maximum absolute atomic E-state index is 13.0. The highest BCUT2D eigenvalue weighted by Gasteiger charge is 2.44. The van der Waals surface area contributed by atoms with Gasteiger partial charge in [-0.25, -0.2) is 9.18 Å². The number of alkyl halides is 1. The van der Waals surface area contributed by atoms with E-state index in [0.29, 0.717) is 0 Å². The maximum atomic E-state index is 13.0. The fourth-order valence-corrected chi connectivity index (χ4v) is 2.81. The Morgan fingerprint density at radius 3 is 2.86 bits per heavy atom. The fourth-order valence-electron chi connectivity index (χ4n) is 2.81. The summed E-state index contributed by atoms with van der Waals surface area (Å²) in [5.41, 5.74) is -1.47. The van der Waals surface area contributed by atoms with E-state index in [9.17, 15) is 18.8 Å². The van der Waals surface area contributed by atoms with E-state index in [1.54, 1.807) is 0 Å². The van der Waals surface area contributed by atoms with Crippen molar-refractivity contribution in [3.63, 3.8) is 0 Å². The Morgan fingerprint density at radius 1 is 1.55 bits per heavy atom. The van der Waals surface area contributed by atoms with Crippen molar-refractivity contribution >= 4 is 11.9 Å². The van der Waals surface area contributed by atoms with Crippen LogP contribution in [0.15, 0.2) is 11.0 Å². The Bertz CT molecular complexity index is 715. The van der Waals surface area contributed by atoms with Gasteiger partial charge in [0.1, 0.15) is 12.2 Å². The van der Waals surface area contributed by atoms with Crippen LogP contribution in [0.2, 0.25) is 0 Å². The van der Waals surface area contributed by atoms with Gasteiger partial charge in [0.05, 0.1) is 26.3 Å². The second-order valence-electron chi connectivity index (χ2n) is 5.02. The maximum Gasteiger partial charge on any atom is 0.341 e. The number of carbonyl (C=O) groups is 2. The molecule has 1 amide bonds. The molecule has 118 valence electrons. The predicted octanol–water partition coefficient (Wildman–Crippen LogP) is -0.295. The van der Waals surface area contributed by atoms with Gasteiger partial charge in [0.2, 0.25) is 5.43 Å². The summed E-state index contributed by atoms with van der Waals surface area (Å²) in [4.78, 5) is 37.1. The Labute approximate surface area is 123 Å². The molecule has 0 radical (unpaired) electrons. The largest absolute Gasteiger partial charge is 0.491 e. The Balaban J connectivity index is 2.19. The molecule has 0 unspecified atom stereocenters. The van der Waals surface area contributed by atoms with Gasteiger partial charge in [-0.15, -0.1) is 0 Å². The van der Waals surface area contributed by atoms with Gasteiger partial charge in [0.15, 0.2) is 17.7 Å². The van der Waals surface area contributed by atoms with Crippen LogP contribution in [0.5, 0.6) is 5.75 Å². The number of pyridine rings is 1. The topological polar surface area (TPSA) is 98.1 Å². The van der Waals surface area contributed by atoms with E-state index in [2.05, 4.69) is 0 Å². The van der Waals surface area contributed by atoms with E-state index >= 15 is 0 Å². The number of methoxy groups -OCH3 is 1. The third kappa shape index (κ3) is 1.89. The highest BCUT2D eigenvalue weighted by atomic mass is 19.1. The van der Waals surface area contributed by atoms with Crippen molar-refractivity contribution in [2.75, 3.05) is 20.4 Å². The van der Waals surface area contributed by atoms with Crippen molar-refractivity contribution in [3.05, 3.63) is 27.7 Å². The third-order valence-corrected chi connectivity index (χ3v) is 3.83. The van der Waals surface area contributed by atoms with E-state index < -0.39 is 41.8 Å². The van der Waals surface area contributed by atoms with Gasteiger partial charge in [0, 0.05) is 6.20 Å². The molecular weight excluding hydrogens is 299 g/mol. The molecule has 0 aromatic carbocycles. The minimum Gasteiger partial charge on any atom is -0.491 e. The van der Waals surface area contributed by atoms with Gasteiger partial charge >= 0.3 is 5.97 Å². The number of ether oxygens (including phenoxy) is 2. The summed E-state index contributed by atoms with van der Waals surface area (Å²) in [7, 11) is 1.18. The number of amides is 1. The summed E-state index contributed by atoms with van der Waals surface area (Å²) in [6, 6.07) is -0.717. The molecule has 3 heterocycles. The van der Waals surface area contributed by atoms with Crippen LogP contribution in [0, 0.1) is 0 Å². The van der Waals surface area contributed by atoms with Crippen molar-refractivity contribution in [1.82, 2.24) is 9.47 Å². The van der Waals surface area contributed by atoms with E-state index in [-0.39, 0.29) is 24.6 Å². The zero-order valence-electron chi connectivity index (χ0n) is 11.6. The molecule has 0 aliphatic carbocycles. The van der Waals surface area contributed by atoms with Crippen LogP contribution >= 0.6 is 0 Å². The number of fused-ring (bicyclic) bond motifs is 2. The molecule has 8 nitrogen and oxygen atoms in total. The average molecular weight is 312 g/mol. The SMILES string of the molecule is COc1c2n(cc(C(=O)O)c1=O)C[C@H]1OC[C@H](CF)N1C2=O. The molecule has 1 aromatic rings. The third-order valence-electron chi connectivity index (χ3n) is 3.83. The first-order valence-corrected chi connectivity index (χ1v) is 6.54. The van der Waals surface area contributed by atoms with Gasteiger partial charge < -0.3 is 24.0 Å². The molecule has 0 saturated carbocycles. The zero-order chi connectivity index (χ0) is 16.0. The molecule has 1 saturated heterocycles. The first-order valence-electron chi connectivity index (χ1n) is 6.54. The smallest absolute Gasteiger partial charge is 0.341 e. The quantitative estimate of drug-likeness (QED) is 0.823. The molecule has 9 heteroatoms. The summed E-state index contributed by atoms with van der Waals surface area (Å²) in [5, 5.41) is 9.08. The summed E-state index contributed by atoms with van der Waals surface area (Å²) in [6.07, 6.45) is 0.402. The molecule has 22 heavy (non-hydrogen) atoms. The number of hydrogen-bond acceptors (Lipinski definition) is 5. The summed E-state index contributed by atoms with van der Waals surface area (Å²) in [6.45, 7) is -0.601. The molecule has 1 aromatic heterocycles. The number of hydrogen-bond donors (Lipinski definition) is 1. The molecule has 2 aliphatic heterocycles. The minimum absolute atomic E-state index is 0.0553. The van der Waals surface area contributed by atoms with Gasteiger partial charge in [-0.3, -0.25) is 9.59 Å². The lowest BCUT2D eigenvalue weighted by molar-refractivity contribution is 0.00490. The van der Waals surface area contributed by atoms with Crippen LogP contribution in [0.4, 0.5) is 4.39 Å². The van der Waals surface area contributed by atoms with E-state index in [1.807, 2.05) is 0 Å².